The van der Waals surface area contributed by atoms with Crippen molar-refractivity contribution < 1.29 is 15.0 Å². The average molecular weight is 315 g/mol. The van der Waals surface area contributed by atoms with E-state index in [4.69, 9.17) is 5.73 Å². The fraction of sp³-hybridized carbons (Fsp3) is 0.667. The van der Waals surface area contributed by atoms with Crippen molar-refractivity contribution in [2.24, 2.45) is 0 Å². The highest BCUT2D eigenvalue weighted by Gasteiger charge is 2.28. The minimum atomic E-state index is -1.08. The largest absolute Gasteiger partial charge is 0.394 e. The third-order valence-electron chi connectivity index (χ3n) is 3.35. The maximum atomic E-state index is 12.2. The molecular weight excluding hydrogens is 294 g/mol. The van der Waals surface area contributed by atoms with Crippen molar-refractivity contribution in [3.05, 3.63) is 4.88 Å². The smallest absolute Gasteiger partial charge is 0.265 e. The fourth-order valence-electron chi connectivity index (χ4n) is 1.93. The van der Waals surface area contributed by atoms with Crippen LogP contribution in [0.3, 0.4) is 0 Å². The Kier molecular flexibility index (Phi) is 4.99. The summed E-state index contributed by atoms with van der Waals surface area (Å²) < 4.78 is 0. The van der Waals surface area contributed by atoms with E-state index in [1.165, 1.54) is 11.3 Å². The van der Waals surface area contributed by atoms with Crippen LogP contribution in [0.4, 0.5) is 10.9 Å². The quantitative estimate of drug-likeness (QED) is 0.453. The lowest BCUT2D eigenvalue weighted by Crippen LogP contribution is -2.51. The molecule has 0 unspecified atom stereocenters. The van der Waals surface area contributed by atoms with Gasteiger partial charge in [0.15, 0.2) is 5.13 Å². The number of aromatic nitrogens is 1. The zero-order chi connectivity index (χ0) is 15.5. The van der Waals surface area contributed by atoms with Crippen molar-refractivity contribution in [3.63, 3.8) is 0 Å². The second-order valence-electron chi connectivity index (χ2n) is 5.28. The Balaban J connectivity index is 2.12. The molecule has 1 aliphatic heterocycles. The Hall–Kier alpha value is -1.42. The summed E-state index contributed by atoms with van der Waals surface area (Å²) in [6, 6.07) is 0. The molecule has 1 aliphatic rings. The van der Waals surface area contributed by atoms with Gasteiger partial charge in [0.1, 0.15) is 10.7 Å². The molecule has 2 rings (SSSR count). The first-order valence-corrected chi connectivity index (χ1v) is 7.57. The number of piperazine rings is 1. The predicted octanol–water partition coefficient (Wildman–Crippen LogP) is -1.39. The molecule has 8 nitrogen and oxygen atoms in total. The Morgan fingerprint density at radius 3 is 2.67 bits per heavy atom. The van der Waals surface area contributed by atoms with E-state index in [0.717, 1.165) is 26.2 Å². The number of carbonyl (C=O) groups is 1. The lowest BCUT2D eigenvalue weighted by atomic mass is 10.1. The van der Waals surface area contributed by atoms with Crippen LogP contribution in [-0.4, -0.2) is 66.0 Å². The molecular formula is C12H21N5O3S. The van der Waals surface area contributed by atoms with Crippen molar-refractivity contribution >= 4 is 28.2 Å². The molecule has 0 radical (unpaired) electrons. The van der Waals surface area contributed by atoms with Gasteiger partial charge in [-0.15, -0.1) is 0 Å². The molecule has 0 saturated carbocycles. The van der Waals surface area contributed by atoms with Gasteiger partial charge in [0.25, 0.3) is 5.91 Å². The van der Waals surface area contributed by atoms with Gasteiger partial charge in [-0.2, -0.15) is 0 Å². The first kappa shape index (κ1) is 16.0. The van der Waals surface area contributed by atoms with E-state index in [1.807, 2.05) is 0 Å². The Morgan fingerprint density at radius 1 is 1.48 bits per heavy atom. The van der Waals surface area contributed by atoms with Crippen molar-refractivity contribution in [2.75, 3.05) is 50.0 Å². The Bertz CT molecular complexity index is 497. The highest BCUT2D eigenvalue weighted by atomic mass is 32.1. The number of nitrogens with one attached hydrogen (secondary N) is 2. The molecule has 6 N–H and O–H groups in total. The molecule has 0 aliphatic carbocycles. The van der Waals surface area contributed by atoms with E-state index < -0.39 is 11.4 Å². The van der Waals surface area contributed by atoms with Crippen molar-refractivity contribution in [3.8, 4) is 0 Å². The number of hydrogen-bond acceptors (Lipinski definition) is 8. The van der Waals surface area contributed by atoms with Gasteiger partial charge in [-0.3, -0.25) is 4.79 Å². The Labute approximate surface area is 127 Å². The van der Waals surface area contributed by atoms with Crippen LogP contribution in [0.5, 0.6) is 0 Å². The van der Waals surface area contributed by atoms with Crippen molar-refractivity contribution in [1.82, 2.24) is 15.6 Å². The van der Waals surface area contributed by atoms with Gasteiger partial charge >= 0.3 is 0 Å². The zero-order valence-electron chi connectivity index (χ0n) is 11.9. The molecule has 1 amide bonds. The molecule has 21 heavy (non-hydrogen) atoms. The number of aliphatic hydroxyl groups excluding tert-OH is 2. The Morgan fingerprint density at radius 2 is 2.10 bits per heavy atom. The molecule has 1 saturated heterocycles. The third-order valence-corrected chi connectivity index (χ3v) is 4.48. The molecule has 2 heterocycles. The summed E-state index contributed by atoms with van der Waals surface area (Å²) in [5.74, 6) is -0.263. The number of carbonyl (C=O) groups excluding carboxylic acids is 1. The average Bonchev–Trinajstić information content (AvgIpc) is 2.90. The van der Waals surface area contributed by atoms with E-state index in [-0.39, 0.29) is 19.0 Å². The molecule has 1 fully saturated rings. The van der Waals surface area contributed by atoms with Crippen LogP contribution in [0.15, 0.2) is 0 Å². The van der Waals surface area contributed by atoms with Gasteiger partial charge in [-0.1, -0.05) is 11.3 Å². The maximum absolute atomic E-state index is 12.2. The first-order valence-electron chi connectivity index (χ1n) is 6.75. The molecule has 0 spiro atoms. The number of amides is 1. The number of thiazole rings is 1. The summed E-state index contributed by atoms with van der Waals surface area (Å²) in [4.78, 5) is 18.8. The molecule has 9 heteroatoms. The van der Waals surface area contributed by atoms with Crippen LogP contribution in [0.2, 0.25) is 0 Å². The van der Waals surface area contributed by atoms with E-state index in [0.29, 0.717) is 10.0 Å². The van der Waals surface area contributed by atoms with Gasteiger partial charge in [0, 0.05) is 26.2 Å². The van der Waals surface area contributed by atoms with Gasteiger partial charge in [-0.05, 0) is 6.92 Å². The first-order chi connectivity index (χ1) is 9.99. The summed E-state index contributed by atoms with van der Waals surface area (Å²) in [5, 5.41) is 25.0. The lowest BCUT2D eigenvalue weighted by Gasteiger charge is -2.26. The van der Waals surface area contributed by atoms with Crippen LogP contribution in [0, 0.1) is 0 Å². The van der Waals surface area contributed by atoms with E-state index >= 15 is 0 Å². The topological polar surface area (TPSA) is 124 Å². The molecule has 118 valence electrons. The van der Waals surface area contributed by atoms with E-state index in [2.05, 4.69) is 20.5 Å². The second kappa shape index (κ2) is 6.56. The predicted molar refractivity (Wildman–Crippen MR) is 81.7 cm³/mol. The normalized spacial score (nSPS) is 16.0. The standard InChI is InChI=1S/C12H21N5O3S/c1-12(6-18,7-19)16-10(20)8-9(13)15-11(21-8)17-4-2-14-3-5-17/h14,18-19H,2-7,13H2,1H3,(H,16,20). The van der Waals surface area contributed by atoms with E-state index in [9.17, 15) is 15.0 Å². The minimum absolute atomic E-state index is 0.171. The summed E-state index contributed by atoms with van der Waals surface area (Å²) in [7, 11) is 0. The summed E-state index contributed by atoms with van der Waals surface area (Å²) in [5.41, 5.74) is 4.74. The number of nitrogen functional groups attached to an aromatic ring is 1. The van der Waals surface area contributed by atoms with Crippen LogP contribution < -0.4 is 21.3 Å². The van der Waals surface area contributed by atoms with E-state index in [1.54, 1.807) is 6.92 Å². The number of anilines is 2. The molecule has 0 bridgehead atoms. The molecule has 1 aromatic heterocycles. The van der Waals surface area contributed by atoms with Crippen molar-refractivity contribution in [1.29, 1.82) is 0 Å². The minimum Gasteiger partial charge on any atom is -0.394 e. The van der Waals surface area contributed by atoms with Gasteiger partial charge in [-0.25, -0.2) is 4.98 Å². The summed E-state index contributed by atoms with van der Waals surface area (Å²) in [6.07, 6.45) is 0. The molecule has 0 aromatic carbocycles. The van der Waals surface area contributed by atoms with Gasteiger partial charge < -0.3 is 31.5 Å². The van der Waals surface area contributed by atoms with Gasteiger partial charge in [0.05, 0.1) is 18.8 Å². The number of hydrogen-bond donors (Lipinski definition) is 5. The van der Waals surface area contributed by atoms with Crippen LogP contribution in [-0.2, 0) is 0 Å². The SMILES string of the molecule is CC(CO)(CO)NC(=O)c1sc(N2CCNCC2)nc1N. The van der Waals surface area contributed by atoms with Crippen LogP contribution in [0.1, 0.15) is 16.6 Å². The van der Waals surface area contributed by atoms with Crippen LogP contribution >= 0.6 is 11.3 Å². The van der Waals surface area contributed by atoms with Crippen molar-refractivity contribution in [2.45, 2.75) is 12.5 Å². The number of nitrogens with zero attached hydrogens (tertiary/aromatic N) is 2. The molecule has 0 atom stereocenters. The maximum Gasteiger partial charge on any atom is 0.265 e. The summed E-state index contributed by atoms with van der Waals surface area (Å²) in [6.45, 7) is 4.21. The monoisotopic (exact) mass is 315 g/mol. The zero-order valence-corrected chi connectivity index (χ0v) is 12.7. The summed E-state index contributed by atoms with van der Waals surface area (Å²) >= 11 is 1.22. The number of rotatable bonds is 5. The highest BCUT2D eigenvalue weighted by molar-refractivity contribution is 7.18. The van der Waals surface area contributed by atoms with Crippen LogP contribution in [0.25, 0.3) is 0 Å². The number of nitrogens with two attached hydrogens (primary N) is 1. The van der Waals surface area contributed by atoms with Gasteiger partial charge in [0.2, 0.25) is 0 Å². The number of aliphatic hydroxyl groups is 2. The fourth-order valence-corrected chi connectivity index (χ4v) is 2.87. The lowest BCUT2D eigenvalue weighted by molar-refractivity contribution is 0.0728. The molecule has 1 aromatic rings. The second-order valence-corrected chi connectivity index (χ2v) is 6.26. The third kappa shape index (κ3) is 3.62. The highest BCUT2D eigenvalue weighted by Crippen LogP contribution is 2.28.